The van der Waals surface area contributed by atoms with Crippen molar-refractivity contribution in [2.45, 2.75) is 26.3 Å². The van der Waals surface area contributed by atoms with Crippen molar-refractivity contribution in [2.75, 3.05) is 11.9 Å². The Hall–Kier alpha value is -1.55. The largest absolute Gasteiger partial charge is 0.480 e. The second-order valence-corrected chi connectivity index (χ2v) is 4.04. The summed E-state index contributed by atoms with van der Waals surface area (Å²) >= 11 is 0. The predicted molar refractivity (Wildman–Crippen MR) is 64.6 cm³/mol. The molecule has 0 fully saturated rings. The molecule has 0 heterocycles. The van der Waals surface area contributed by atoms with Gasteiger partial charge >= 0.3 is 5.97 Å². The van der Waals surface area contributed by atoms with Crippen LogP contribution in [0.3, 0.4) is 0 Å². The van der Waals surface area contributed by atoms with Gasteiger partial charge in [0.15, 0.2) is 0 Å². The Morgan fingerprint density at radius 2 is 1.94 bits per heavy atom. The molecule has 0 aliphatic rings. The lowest BCUT2D eigenvalue weighted by atomic mass is 10.1. The molecule has 1 aromatic rings. The van der Waals surface area contributed by atoms with Gasteiger partial charge in [0.2, 0.25) is 0 Å². The van der Waals surface area contributed by atoms with Gasteiger partial charge in [0, 0.05) is 12.2 Å². The van der Waals surface area contributed by atoms with Crippen molar-refractivity contribution in [3.05, 3.63) is 29.3 Å². The summed E-state index contributed by atoms with van der Waals surface area (Å²) in [5.74, 6) is -0.956. The molecular formula is C12H18N2O2. The van der Waals surface area contributed by atoms with Gasteiger partial charge in [-0.05, 0) is 43.5 Å². The fourth-order valence-electron chi connectivity index (χ4n) is 1.57. The van der Waals surface area contributed by atoms with E-state index in [4.69, 9.17) is 10.8 Å². The van der Waals surface area contributed by atoms with Crippen LogP contribution in [0.4, 0.5) is 5.69 Å². The second kappa shape index (κ2) is 5.51. The van der Waals surface area contributed by atoms with E-state index in [0.717, 1.165) is 5.69 Å². The summed E-state index contributed by atoms with van der Waals surface area (Å²) < 4.78 is 0. The molecule has 88 valence electrons. The molecule has 0 aliphatic heterocycles. The molecule has 0 spiro atoms. The van der Waals surface area contributed by atoms with Gasteiger partial charge in [-0.1, -0.05) is 6.07 Å². The van der Waals surface area contributed by atoms with Crippen molar-refractivity contribution in [1.82, 2.24) is 0 Å². The van der Waals surface area contributed by atoms with Gasteiger partial charge in [-0.3, -0.25) is 4.79 Å². The molecular weight excluding hydrogens is 204 g/mol. The van der Waals surface area contributed by atoms with Gasteiger partial charge in [-0.15, -0.1) is 0 Å². The maximum absolute atomic E-state index is 10.5. The van der Waals surface area contributed by atoms with Crippen LogP contribution in [0.15, 0.2) is 18.2 Å². The van der Waals surface area contributed by atoms with Crippen LogP contribution in [0.5, 0.6) is 0 Å². The molecule has 0 amide bonds. The predicted octanol–water partition coefficient (Wildman–Crippen LogP) is 1.52. The quantitative estimate of drug-likeness (QED) is 0.706. The highest BCUT2D eigenvalue weighted by Gasteiger charge is 2.09. The maximum atomic E-state index is 10.5. The molecule has 0 aromatic heterocycles. The van der Waals surface area contributed by atoms with Gasteiger partial charge < -0.3 is 16.2 Å². The van der Waals surface area contributed by atoms with Crippen LogP contribution in [0, 0.1) is 13.8 Å². The summed E-state index contributed by atoms with van der Waals surface area (Å²) in [7, 11) is 0. The van der Waals surface area contributed by atoms with Crippen molar-refractivity contribution in [3.8, 4) is 0 Å². The van der Waals surface area contributed by atoms with Crippen molar-refractivity contribution >= 4 is 11.7 Å². The van der Waals surface area contributed by atoms with Crippen LogP contribution < -0.4 is 11.1 Å². The highest BCUT2D eigenvalue weighted by atomic mass is 16.4. The minimum absolute atomic E-state index is 0.419. The fourth-order valence-corrected chi connectivity index (χ4v) is 1.57. The molecule has 0 aliphatic carbocycles. The molecule has 0 radical (unpaired) electrons. The summed E-state index contributed by atoms with van der Waals surface area (Å²) in [4.78, 5) is 10.5. The number of aliphatic carboxylic acids is 1. The number of nitrogens with two attached hydrogens (primary N) is 1. The lowest BCUT2D eigenvalue weighted by Gasteiger charge is -2.10. The topological polar surface area (TPSA) is 75.3 Å². The Morgan fingerprint density at radius 3 is 2.44 bits per heavy atom. The SMILES string of the molecule is Cc1cc(C)cc(NCCC(N)C(=O)O)c1. The number of hydrogen-bond acceptors (Lipinski definition) is 3. The molecule has 4 nitrogen and oxygen atoms in total. The highest BCUT2D eigenvalue weighted by molar-refractivity contribution is 5.73. The zero-order chi connectivity index (χ0) is 12.1. The third-order valence-corrected chi connectivity index (χ3v) is 2.32. The van der Waals surface area contributed by atoms with Gasteiger partial charge in [-0.2, -0.15) is 0 Å². The monoisotopic (exact) mass is 222 g/mol. The van der Waals surface area contributed by atoms with E-state index < -0.39 is 12.0 Å². The molecule has 1 aromatic carbocycles. The van der Waals surface area contributed by atoms with Crippen LogP contribution in [-0.4, -0.2) is 23.7 Å². The summed E-state index contributed by atoms with van der Waals surface area (Å²) in [5.41, 5.74) is 8.78. The van der Waals surface area contributed by atoms with Crippen LogP contribution in [-0.2, 0) is 4.79 Å². The number of rotatable bonds is 5. The standard InChI is InChI=1S/C12H18N2O2/c1-8-5-9(2)7-10(6-8)14-4-3-11(13)12(15)16/h5-7,11,14H,3-4,13H2,1-2H3,(H,15,16). The molecule has 0 saturated heterocycles. The van der Waals surface area contributed by atoms with E-state index in [0.29, 0.717) is 13.0 Å². The third kappa shape index (κ3) is 3.90. The highest BCUT2D eigenvalue weighted by Crippen LogP contribution is 2.13. The molecule has 1 unspecified atom stereocenters. The molecule has 1 atom stereocenters. The second-order valence-electron chi connectivity index (χ2n) is 4.04. The van der Waals surface area contributed by atoms with Crippen LogP contribution in [0.1, 0.15) is 17.5 Å². The van der Waals surface area contributed by atoms with E-state index in [1.165, 1.54) is 11.1 Å². The fraction of sp³-hybridized carbons (Fsp3) is 0.417. The average molecular weight is 222 g/mol. The van der Waals surface area contributed by atoms with Gasteiger partial charge in [0.25, 0.3) is 0 Å². The Kier molecular flexibility index (Phi) is 4.31. The smallest absolute Gasteiger partial charge is 0.320 e. The average Bonchev–Trinajstić information content (AvgIpc) is 2.15. The van der Waals surface area contributed by atoms with E-state index in [9.17, 15) is 4.79 Å². The van der Waals surface area contributed by atoms with E-state index in [2.05, 4.69) is 11.4 Å². The van der Waals surface area contributed by atoms with E-state index in [1.54, 1.807) is 0 Å². The number of aryl methyl sites for hydroxylation is 2. The molecule has 0 saturated carbocycles. The first-order valence-corrected chi connectivity index (χ1v) is 5.29. The normalized spacial score (nSPS) is 12.2. The Labute approximate surface area is 95.5 Å². The van der Waals surface area contributed by atoms with Crippen molar-refractivity contribution in [3.63, 3.8) is 0 Å². The molecule has 4 N–H and O–H groups in total. The molecule has 16 heavy (non-hydrogen) atoms. The minimum atomic E-state index is -0.956. The first kappa shape index (κ1) is 12.5. The number of carbonyl (C=O) groups is 1. The number of hydrogen-bond donors (Lipinski definition) is 3. The van der Waals surface area contributed by atoms with Crippen LogP contribution in [0.25, 0.3) is 0 Å². The van der Waals surface area contributed by atoms with E-state index in [-0.39, 0.29) is 0 Å². The van der Waals surface area contributed by atoms with E-state index >= 15 is 0 Å². The summed E-state index contributed by atoms with van der Waals surface area (Å²) in [6.45, 7) is 4.62. The number of carboxylic acids is 1. The molecule has 4 heteroatoms. The zero-order valence-corrected chi connectivity index (χ0v) is 9.66. The van der Waals surface area contributed by atoms with Crippen molar-refractivity contribution in [1.29, 1.82) is 0 Å². The number of benzene rings is 1. The summed E-state index contributed by atoms with van der Waals surface area (Å²) in [6, 6.07) is 5.35. The van der Waals surface area contributed by atoms with Crippen LogP contribution >= 0.6 is 0 Å². The van der Waals surface area contributed by atoms with E-state index in [1.807, 2.05) is 26.0 Å². The maximum Gasteiger partial charge on any atom is 0.320 e. The molecule has 1 rings (SSSR count). The number of carboxylic acid groups (broad SMARTS) is 1. The van der Waals surface area contributed by atoms with Crippen LogP contribution in [0.2, 0.25) is 0 Å². The van der Waals surface area contributed by atoms with Gasteiger partial charge in [-0.25, -0.2) is 0 Å². The lowest BCUT2D eigenvalue weighted by molar-refractivity contribution is -0.138. The van der Waals surface area contributed by atoms with Crippen molar-refractivity contribution < 1.29 is 9.90 Å². The van der Waals surface area contributed by atoms with Gasteiger partial charge in [0.1, 0.15) is 6.04 Å². The third-order valence-electron chi connectivity index (χ3n) is 2.32. The Morgan fingerprint density at radius 1 is 1.38 bits per heavy atom. The minimum Gasteiger partial charge on any atom is -0.480 e. The lowest BCUT2D eigenvalue weighted by Crippen LogP contribution is -2.32. The van der Waals surface area contributed by atoms with Crippen molar-refractivity contribution in [2.24, 2.45) is 5.73 Å². The number of anilines is 1. The summed E-state index contributed by atoms with van der Waals surface area (Å²) in [6.07, 6.45) is 0.419. The first-order chi connectivity index (χ1) is 7.49. The zero-order valence-electron chi connectivity index (χ0n) is 9.66. The first-order valence-electron chi connectivity index (χ1n) is 5.29. The molecule has 0 bridgehead atoms. The Bertz CT molecular complexity index is 357. The van der Waals surface area contributed by atoms with Gasteiger partial charge in [0.05, 0.1) is 0 Å². The number of nitrogens with one attached hydrogen (secondary N) is 1. The summed E-state index contributed by atoms with van der Waals surface area (Å²) in [5, 5.41) is 11.8. The Balaban J connectivity index is 2.46.